The van der Waals surface area contributed by atoms with Gasteiger partial charge >= 0.3 is 6.18 Å². The monoisotopic (exact) mass is 364 g/mol. The van der Waals surface area contributed by atoms with Crippen molar-refractivity contribution < 1.29 is 26.7 Å². The van der Waals surface area contributed by atoms with Crippen LogP contribution in [0.3, 0.4) is 0 Å². The Balaban J connectivity index is 2.45. The summed E-state index contributed by atoms with van der Waals surface area (Å²) in [7, 11) is 0. The molecule has 7 heteroatoms. The SMILES string of the molecule is O=C(c1ccc(C(F)(F)F)c(F)c1)c1cc(Br)ccc1F. The highest BCUT2D eigenvalue weighted by molar-refractivity contribution is 9.10. The molecule has 0 aliphatic rings. The summed E-state index contributed by atoms with van der Waals surface area (Å²) in [5, 5.41) is 0. The van der Waals surface area contributed by atoms with Crippen LogP contribution in [0.15, 0.2) is 40.9 Å². The third-order valence-corrected chi connectivity index (χ3v) is 3.20. The highest BCUT2D eigenvalue weighted by Gasteiger charge is 2.34. The van der Waals surface area contributed by atoms with Gasteiger partial charge in [0, 0.05) is 10.0 Å². The zero-order valence-corrected chi connectivity index (χ0v) is 11.7. The van der Waals surface area contributed by atoms with E-state index in [1.54, 1.807) is 0 Å². The van der Waals surface area contributed by atoms with Gasteiger partial charge in [0.2, 0.25) is 0 Å². The predicted octanol–water partition coefficient (Wildman–Crippen LogP) is 4.98. The fourth-order valence-electron chi connectivity index (χ4n) is 1.71. The van der Waals surface area contributed by atoms with E-state index in [4.69, 9.17) is 0 Å². The lowest BCUT2D eigenvalue weighted by Crippen LogP contribution is -2.10. The van der Waals surface area contributed by atoms with Gasteiger partial charge in [-0.2, -0.15) is 13.2 Å². The summed E-state index contributed by atoms with van der Waals surface area (Å²) in [4.78, 5) is 12.0. The lowest BCUT2D eigenvalue weighted by atomic mass is 10.0. The molecular formula is C14H6BrF5O. The number of benzene rings is 2. The summed E-state index contributed by atoms with van der Waals surface area (Å²) in [5.74, 6) is -3.33. The van der Waals surface area contributed by atoms with Crippen LogP contribution in [0.4, 0.5) is 22.0 Å². The van der Waals surface area contributed by atoms with Gasteiger partial charge in [-0.3, -0.25) is 4.79 Å². The molecule has 0 unspecified atom stereocenters. The van der Waals surface area contributed by atoms with Crippen LogP contribution in [0.25, 0.3) is 0 Å². The second-order valence-electron chi connectivity index (χ2n) is 4.15. The molecule has 0 radical (unpaired) electrons. The van der Waals surface area contributed by atoms with E-state index in [-0.39, 0.29) is 11.1 Å². The molecule has 0 saturated heterocycles. The first kappa shape index (κ1) is 15.6. The molecule has 0 amide bonds. The van der Waals surface area contributed by atoms with Gasteiger partial charge in [-0.15, -0.1) is 0 Å². The summed E-state index contributed by atoms with van der Waals surface area (Å²) in [6.45, 7) is 0. The Morgan fingerprint density at radius 1 is 0.952 bits per heavy atom. The van der Waals surface area contributed by atoms with Gasteiger partial charge in [0.05, 0.1) is 11.1 Å². The minimum Gasteiger partial charge on any atom is -0.288 e. The molecule has 2 aromatic rings. The Kier molecular flexibility index (Phi) is 4.13. The molecule has 2 aromatic carbocycles. The largest absolute Gasteiger partial charge is 0.419 e. The maximum absolute atomic E-state index is 13.6. The zero-order valence-electron chi connectivity index (χ0n) is 10.1. The molecular weight excluding hydrogens is 359 g/mol. The minimum atomic E-state index is -4.85. The van der Waals surface area contributed by atoms with E-state index < -0.39 is 29.2 Å². The average molecular weight is 365 g/mol. The highest BCUT2D eigenvalue weighted by atomic mass is 79.9. The first-order valence-electron chi connectivity index (χ1n) is 5.56. The number of rotatable bonds is 2. The number of carbonyl (C=O) groups excluding carboxylic acids is 1. The number of hydrogen-bond donors (Lipinski definition) is 0. The van der Waals surface area contributed by atoms with E-state index in [9.17, 15) is 26.7 Å². The Morgan fingerprint density at radius 3 is 2.19 bits per heavy atom. The van der Waals surface area contributed by atoms with E-state index in [0.29, 0.717) is 16.6 Å². The van der Waals surface area contributed by atoms with Gasteiger partial charge in [-0.25, -0.2) is 8.78 Å². The number of alkyl halides is 3. The van der Waals surface area contributed by atoms with E-state index in [0.717, 1.165) is 12.1 Å². The Hall–Kier alpha value is -1.76. The van der Waals surface area contributed by atoms with Crippen molar-refractivity contribution in [3.63, 3.8) is 0 Å². The van der Waals surface area contributed by atoms with Crippen molar-refractivity contribution in [2.75, 3.05) is 0 Å². The van der Waals surface area contributed by atoms with Crippen molar-refractivity contribution in [3.05, 3.63) is 69.2 Å². The lowest BCUT2D eigenvalue weighted by molar-refractivity contribution is -0.140. The molecule has 0 heterocycles. The molecule has 0 atom stereocenters. The first-order valence-corrected chi connectivity index (χ1v) is 6.36. The molecule has 1 nitrogen and oxygen atoms in total. The standard InChI is InChI=1S/C14H6BrF5O/c15-8-2-4-11(16)9(6-8)13(21)7-1-3-10(12(17)5-7)14(18,19)20/h1-6H. The third-order valence-electron chi connectivity index (χ3n) is 2.71. The van der Waals surface area contributed by atoms with E-state index in [1.807, 2.05) is 0 Å². The van der Waals surface area contributed by atoms with Crippen LogP contribution in [0.2, 0.25) is 0 Å². The van der Waals surface area contributed by atoms with Crippen molar-refractivity contribution in [2.24, 2.45) is 0 Å². The van der Waals surface area contributed by atoms with Gasteiger partial charge in [-0.1, -0.05) is 22.0 Å². The molecule has 0 saturated carbocycles. The summed E-state index contributed by atoms with van der Waals surface area (Å²) in [5.41, 5.74) is -2.20. The number of halogens is 6. The summed E-state index contributed by atoms with van der Waals surface area (Å²) >= 11 is 3.05. The lowest BCUT2D eigenvalue weighted by Gasteiger charge is -2.09. The number of hydrogen-bond acceptors (Lipinski definition) is 1. The molecule has 0 aromatic heterocycles. The fourth-order valence-corrected chi connectivity index (χ4v) is 2.07. The summed E-state index contributed by atoms with van der Waals surface area (Å²) < 4.78 is 64.7. The molecule has 0 N–H and O–H groups in total. The van der Waals surface area contributed by atoms with Crippen LogP contribution in [-0.4, -0.2) is 5.78 Å². The normalized spacial score (nSPS) is 11.5. The van der Waals surface area contributed by atoms with E-state index in [2.05, 4.69) is 15.9 Å². The zero-order chi connectivity index (χ0) is 15.8. The van der Waals surface area contributed by atoms with Gasteiger partial charge in [0.1, 0.15) is 11.6 Å². The van der Waals surface area contributed by atoms with E-state index in [1.165, 1.54) is 12.1 Å². The second-order valence-corrected chi connectivity index (χ2v) is 5.06. The molecule has 2 rings (SSSR count). The highest BCUT2D eigenvalue weighted by Crippen LogP contribution is 2.32. The molecule has 21 heavy (non-hydrogen) atoms. The number of carbonyl (C=O) groups is 1. The first-order chi connectivity index (χ1) is 9.70. The molecule has 0 bridgehead atoms. The Labute approximate surface area is 124 Å². The molecule has 0 aliphatic carbocycles. The van der Waals surface area contributed by atoms with Gasteiger partial charge < -0.3 is 0 Å². The van der Waals surface area contributed by atoms with Crippen LogP contribution in [0, 0.1) is 11.6 Å². The molecule has 110 valence electrons. The minimum absolute atomic E-state index is 0.358. The van der Waals surface area contributed by atoms with Gasteiger partial charge in [-0.05, 0) is 30.3 Å². The Morgan fingerprint density at radius 2 is 1.62 bits per heavy atom. The Bertz CT molecular complexity index is 709. The molecule has 0 spiro atoms. The third kappa shape index (κ3) is 3.29. The van der Waals surface area contributed by atoms with Gasteiger partial charge in [0.25, 0.3) is 0 Å². The van der Waals surface area contributed by atoms with Gasteiger partial charge in [0.15, 0.2) is 5.78 Å². The van der Waals surface area contributed by atoms with Crippen molar-refractivity contribution >= 4 is 21.7 Å². The summed E-state index contributed by atoms with van der Waals surface area (Å²) in [6, 6.07) is 5.28. The smallest absolute Gasteiger partial charge is 0.288 e. The van der Waals surface area contributed by atoms with Crippen LogP contribution in [-0.2, 0) is 6.18 Å². The average Bonchev–Trinajstić information content (AvgIpc) is 2.39. The fraction of sp³-hybridized carbons (Fsp3) is 0.0714. The summed E-state index contributed by atoms with van der Waals surface area (Å²) in [6.07, 6.45) is -4.85. The van der Waals surface area contributed by atoms with Crippen LogP contribution in [0.1, 0.15) is 21.5 Å². The predicted molar refractivity (Wildman–Crippen MR) is 68.9 cm³/mol. The quantitative estimate of drug-likeness (QED) is 0.542. The van der Waals surface area contributed by atoms with Crippen LogP contribution < -0.4 is 0 Å². The topological polar surface area (TPSA) is 17.1 Å². The molecule has 0 aliphatic heterocycles. The van der Waals surface area contributed by atoms with E-state index >= 15 is 0 Å². The van der Waals surface area contributed by atoms with Crippen molar-refractivity contribution in [1.29, 1.82) is 0 Å². The maximum Gasteiger partial charge on any atom is 0.419 e. The van der Waals surface area contributed by atoms with Crippen molar-refractivity contribution in [3.8, 4) is 0 Å². The van der Waals surface area contributed by atoms with Crippen LogP contribution >= 0.6 is 15.9 Å². The second kappa shape index (κ2) is 5.55. The van der Waals surface area contributed by atoms with Crippen molar-refractivity contribution in [2.45, 2.75) is 6.18 Å². The molecule has 0 fully saturated rings. The van der Waals surface area contributed by atoms with Crippen LogP contribution in [0.5, 0.6) is 0 Å². The number of ketones is 1. The van der Waals surface area contributed by atoms with Crippen molar-refractivity contribution in [1.82, 2.24) is 0 Å². The maximum atomic E-state index is 13.6.